The minimum absolute atomic E-state index is 0.264. The number of hydrogen-bond acceptors (Lipinski definition) is 2. The van der Waals surface area contributed by atoms with Gasteiger partial charge in [-0.05, 0) is 107 Å². The van der Waals surface area contributed by atoms with E-state index in [1.807, 2.05) is 12.1 Å². The molecule has 0 amide bonds. The van der Waals surface area contributed by atoms with Crippen LogP contribution in [0.4, 0.5) is 0 Å². The summed E-state index contributed by atoms with van der Waals surface area (Å²) in [6.07, 6.45) is 16.1. The maximum absolute atomic E-state index is 11.3. The normalized spacial score (nSPS) is 13.0. The second kappa shape index (κ2) is 14.4. The van der Waals surface area contributed by atoms with Gasteiger partial charge in [-0.15, -0.1) is 0 Å². The van der Waals surface area contributed by atoms with Gasteiger partial charge in [-0.3, -0.25) is 0 Å². The van der Waals surface area contributed by atoms with Crippen LogP contribution in [0.1, 0.15) is 104 Å². The molecule has 0 saturated carbocycles. The molecule has 3 rings (SSSR count). The van der Waals surface area contributed by atoms with Gasteiger partial charge in [0.25, 0.3) is 0 Å². The third-order valence-electron chi connectivity index (χ3n) is 7.84. The number of benzene rings is 3. The van der Waals surface area contributed by atoms with Gasteiger partial charge in [0, 0.05) is 21.5 Å². The maximum atomic E-state index is 11.3. The molecule has 0 aliphatic carbocycles. The molecule has 0 spiro atoms. The summed E-state index contributed by atoms with van der Waals surface area (Å²) >= 11 is 0. The van der Waals surface area contributed by atoms with Crippen molar-refractivity contribution < 1.29 is 10.2 Å². The van der Waals surface area contributed by atoms with E-state index in [0.717, 1.165) is 59.6 Å². The van der Waals surface area contributed by atoms with Crippen molar-refractivity contribution in [3.63, 3.8) is 0 Å². The quantitative estimate of drug-likeness (QED) is 0.128. The van der Waals surface area contributed by atoms with E-state index in [1.165, 1.54) is 54.4 Å². The van der Waals surface area contributed by atoms with Gasteiger partial charge in [0.2, 0.25) is 0 Å². The number of aromatic hydroxyl groups is 2. The second-order valence-electron chi connectivity index (χ2n) is 12.2. The van der Waals surface area contributed by atoms with Crippen LogP contribution in [0.2, 0.25) is 0 Å². The fourth-order valence-electron chi connectivity index (χ4n) is 5.42. The van der Waals surface area contributed by atoms with Crippen molar-refractivity contribution in [3.8, 4) is 11.5 Å². The summed E-state index contributed by atoms with van der Waals surface area (Å²) in [5, 5.41) is 25.2. The Balaban J connectivity index is 1.69. The molecule has 38 heavy (non-hydrogen) atoms. The molecule has 1 atom stereocenters. The summed E-state index contributed by atoms with van der Waals surface area (Å²) in [5.41, 5.74) is 5.27. The topological polar surface area (TPSA) is 40.5 Å². The first kappa shape index (κ1) is 29.8. The summed E-state index contributed by atoms with van der Waals surface area (Å²) < 4.78 is 0. The lowest BCUT2D eigenvalue weighted by Gasteiger charge is -2.13. The molecule has 2 nitrogen and oxygen atoms in total. The van der Waals surface area contributed by atoms with E-state index >= 15 is 0 Å². The smallest absolute Gasteiger partial charge is 0.131 e. The van der Waals surface area contributed by atoms with Crippen LogP contribution in [0.25, 0.3) is 21.5 Å². The van der Waals surface area contributed by atoms with Crippen LogP contribution < -0.4 is 0 Å². The van der Waals surface area contributed by atoms with Gasteiger partial charge in [-0.2, -0.15) is 0 Å². The molecule has 0 fully saturated rings. The second-order valence-corrected chi connectivity index (χ2v) is 12.2. The monoisotopic (exact) mass is 514 g/mol. The highest BCUT2D eigenvalue weighted by Gasteiger charge is 2.14. The molecule has 1 unspecified atom stereocenters. The van der Waals surface area contributed by atoms with Crippen LogP contribution in [0.3, 0.4) is 0 Å². The molecule has 0 aliphatic heterocycles. The zero-order valence-corrected chi connectivity index (χ0v) is 24.7. The van der Waals surface area contributed by atoms with Gasteiger partial charge in [0.15, 0.2) is 0 Å². The SMILES string of the molecule is CC(C)=CCCC(C)CCCc1ccc2c(O)c3ccc(CCC=C(C)CCCC(C)C)cc3c(O)c2c1. The summed E-state index contributed by atoms with van der Waals surface area (Å²) in [4.78, 5) is 0. The van der Waals surface area contributed by atoms with E-state index in [9.17, 15) is 10.2 Å². The Hall–Kier alpha value is -2.74. The van der Waals surface area contributed by atoms with E-state index in [1.54, 1.807) is 0 Å². The Morgan fingerprint density at radius 2 is 1.29 bits per heavy atom. The van der Waals surface area contributed by atoms with Crippen molar-refractivity contribution in [1.82, 2.24) is 0 Å². The van der Waals surface area contributed by atoms with Crippen LogP contribution in [0, 0.1) is 11.8 Å². The van der Waals surface area contributed by atoms with E-state index in [2.05, 4.69) is 78.0 Å². The third-order valence-corrected chi connectivity index (χ3v) is 7.84. The highest BCUT2D eigenvalue weighted by Crippen LogP contribution is 2.42. The van der Waals surface area contributed by atoms with Gasteiger partial charge in [0.1, 0.15) is 11.5 Å². The Morgan fingerprint density at radius 1 is 0.684 bits per heavy atom. The average molecular weight is 515 g/mol. The van der Waals surface area contributed by atoms with Crippen LogP contribution in [0.5, 0.6) is 11.5 Å². The molecule has 0 aromatic heterocycles. The predicted molar refractivity (Wildman–Crippen MR) is 166 cm³/mol. The highest BCUT2D eigenvalue weighted by molar-refractivity contribution is 6.10. The van der Waals surface area contributed by atoms with Gasteiger partial charge >= 0.3 is 0 Å². The Kier molecular flexibility index (Phi) is 11.3. The number of hydrogen-bond donors (Lipinski definition) is 2. The van der Waals surface area contributed by atoms with Crippen LogP contribution in [-0.4, -0.2) is 10.2 Å². The fourth-order valence-corrected chi connectivity index (χ4v) is 5.42. The average Bonchev–Trinajstić information content (AvgIpc) is 2.86. The number of phenols is 2. The standard InChI is InChI=1S/C36H50O2/c1-25(2)11-7-13-27(5)15-9-17-29-19-21-31-33(23-29)36(38)34-24-30(20-22-32(34)35(31)37)18-10-16-28(6)14-8-12-26(3)4/h11,16,19-24,26-27,37-38H,7-10,12-15,17-18H2,1-6H3. The molecule has 206 valence electrons. The largest absolute Gasteiger partial charge is 0.507 e. The summed E-state index contributed by atoms with van der Waals surface area (Å²) in [7, 11) is 0. The van der Waals surface area contributed by atoms with E-state index in [0.29, 0.717) is 5.92 Å². The summed E-state index contributed by atoms with van der Waals surface area (Å²) in [6, 6.07) is 12.3. The zero-order valence-electron chi connectivity index (χ0n) is 24.7. The molecule has 2 heteroatoms. The van der Waals surface area contributed by atoms with Crippen molar-refractivity contribution in [1.29, 1.82) is 0 Å². The van der Waals surface area contributed by atoms with Crippen LogP contribution >= 0.6 is 0 Å². The van der Waals surface area contributed by atoms with Crippen LogP contribution in [0.15, 0.2) is 59.7 Å². The number of rotatable bonds is 14. The first-order valence-corrected chi connectivity index (χ1v) is 14.8. The Bertz CT molecular complexity index is 1260. The van der Waals surface area contributed by atoms with Crippen molar-refractivity contribution in [2.45, 2.75) is 106 Å². The molecule has 0 aliphatic rings. The predicted octanol–water partition coefficient (Wildman–Crippen LogP) is 10.8. The van der Waals surface area contributed by atoms with E-state index < -0.39 is 0 Å². The third kappa shape index (κ3) is 8.65. The van der Waals surface area contributed by atoms with Gasteiger partial charge in [-0.1, -0.05) is 81.2 Å². The van der Waals surface area contributed by atoms with Gasteiger partial charge in [-0.25, -0.2) is 0 Å². The van der Waals surface area contributed by atoms with Crippen molar-refractivity contribution >= 4 is 21.5 Å². The minimum Gasteiger partial charge on any atom is -0.507 e. The molecular weight excluding hydrogens is 464 g/mol. The summed E-state index contributed by atoms with van der Waals surface area (Å²) in [5.74, 6) is 2.03. The fraction of sp³-hybridized carbons (Fsp3) is 0.500. The lowest BCUT2D eigenvalue weighted by Crippen LogP contribution is -1.96. The minimum atomic E-state index is 0.264. The first-order chi connectivity index (χ1) is 18.2. The van der Waals surface area contributed by atoms with Crippen molar-refractivity contribution in [3.05, 3.63) is 70.8 Å². The van der Waals surface area contributed by atoms with Crippen LogP contribution in [-0.2, 0) is 12.8 Å². The van der Waals surface area contributed by atoms with E-state index in [4.69, 9.17) is 0 Å². The number of allylic oxidation sites excluding steroid dienone is 4. The lowest BCUT2D eigenvalue weighted by molar-refractivity contribution is 0.477. The Labute approximate surface area is 231 Å². The summed E-state index contributed by atoms with van der Waals surface area (Å²) in [6.45, 7) is 13.5. The van der Waals surface area contributed by atoms with Crippen molar-refractivity contribution in [2.24, 2.45) is 11.8 Å². The number of aryl methyl sites for hydroxylation is 2. The maximum Gasteiger partial charge on any atom is 0.131 e. The molecule has 0 bridgehead atoms. The number of phenolic OH excluding ortho intramolecular Hbond substituents is 2. The molecule has 0 radical (unpaired) electrons. The van der Waals surface area contributed by atoms with Gasteiger partial charge < -0.3 is 10.2 Å². The molecular formula is C36H50O2. The van der Waals surface area contributed by atoms with Crippen molar-refractivity contribution in [2.75, 3.05) is 0 Å². The van der Waals surface area contributed by atoms with Gasteiger partial charge in [0.05, 0.1) is 0 Å². The highest BCUT2D eigenvalue weighted by atomic mass is 16.3. The first-order valence-electron chi connectivity index (χ1n) is 14.8. The molecule has 3 aromatic rings. The number of fused-ring (bicyclic) bond motifs is 2. The molecule has 3 aromatic carbocycles. The zero-order chi connectivity index (χ0) is 27.7. The Morgan fingerprint density at radius 3 is 1.89 bits per heavy atom. The molecule has 0 saturated heterocycles. The molecule has 0 heterocycles. The molecule has 2 N–H and O–H groups in total. The lowest BCUT2D eigenvalue weighted by atomic mass is 9.94. The van der Waals surface area contributed by atoms with E-state index in [-0.39, 0.29) is 11.5 Å².